The van der Waals surface area contributed by atoms with Crippen LogP contribution in [0.5, 0.6) is 5.75 Å². The molecule has 0 aliphatic rings. The van der Waals surface area contributed by atoms with E-state index in [1.165, 1.54) is 10.9 Å². The van der Waals surface area contributed by atoms with Gasteiger partial charge in [-0.05, 0) is 59.0 Å². The second-order valence-electron chi connectivity index (χ2n) is 4.62. The first kappa shape index (κ1) is 14.7. The molecular formula is C16H11IN2O3. The predicted molar refractivity (Wildman–Crippen MR) is 90.8 cm³/mol. The number of esters is 1. The lowest BCUT2D eigenvalue weighted by atomic mass is 10.2. The highest BCUT2D eigenvalue weighted by molar-refractivity contribution is 14.1. The SMILES string of the molecule is O=C(Cn1cnc2ccccc2c1=O)Oc1ccc(I)cc1. The Morgan fingerprint density at radius 3 is 2.64 bits per heavy atom. The zero-order chi connectivity index (χ0) is 15.5. The van der Waals surface area contributed by atoms with E-state index in [9.17, 15) is 9.59 Å². The van der Waals surface area contributed by atoms with E-state index < -0.39 is 5.97 Å². The Morgan fingerprint density at radius 1 is 1.14 bits per heavy atom. The van der Waals surface area contributed by atoms with Crippen molar-refractivity contribution in [2.75, 3.05) is 0 Å². The van der Waals surface area contributed by atoms with Crippen molar-refractivity contribution in [2.24, 2.45) is 0 Å². The fourth-order valence-electron chi connectivity index (χ4n) is 2.02. The Balaban J connectivity index is 1.81. The maximum Gasteiger partial charge on any atom is 0.331 e. The average molecular weight is 406 g/mol. The summed E-state index contributed by atoms with van der Waals surface area (Å²) in [6.07, 6.45) is 1.36. The van der Waals surface area contributed by atoms with Crippen molar-refractivity contribution in [3.8, 4) is 5.75 Å². The normalized spacial score (nSPS) is 10.6. The van der Waals surface area contributed by atoms with Crippen molar-refractivity contribution in [2.45, 2.75) is 6.54 Å². The van der Waals surface area contributed by atoms with E-state index in [-0.39, 0.29) is 12.1 Å². The number of benzene rings is 2. The molecule has 6 heteroatoms. The summed E-state index contributed by atoms with van der Waals surface area (Å²) in [5.74, 6) is -0.0624. The van der Waals surface area contributed by atoms with Crippen molar-refractivity contribution >= 4 is 39.5 Å². The number of halogens is 1. The molecule has 3 rings (SSSR count). The van der Waals surface area contributed by atoms with Gasteiger partial charge in [0, 0.05) is 3.57 Å². The molecule has 3 aromatic rings. The Labute approximate surface area is 139 Å². The highest BCUT2D eigenvalue weighted by Crippen LogP contribution is 2.13. The molecule has 0 saturated heterocycles. The third-order valence-corrected chi connectivity index (χ3v) is 3.80. The number of rotatable bonds is 3. The van der Waals surface area contributed by atoms with Gasteiger partial charge >= 0.3 is 5.97 Å². The van der Waals surface area contributed by atoms with Crippen LogP contribution in [0.4, 0.5) is 0 Å². The van der Waals surface area contributed by atoms with Gasteiger partial charge in [0.05, 0.1) is 17.2 Å². The highest BCUT2D eigenvalue weighted by Gasteiger charge is 2.09. The number of para-hydroxylation sites is 1. The summed E-state index contributed by atoms with van der Waals surface area (Å²) >= 11 is 2.17. The van der Waals surface area contributed by atoms with Gasteiger partial charge in [0.25, 0.3) is 5.56 Å². The topological polar surface area (TPSA) is 61.2 Å². The van der Waals surface area contributed by atoms with Crippen LogP contribution in [0.15, 0.2) is 59.7 Å². The van der Waals surface area contributed by atoms with Crippen molar-refractivity contribution < 1.29 is 9.53 Å². The first-order valence-corrected chi connectivity index (χ1v) is 7.62. The summed E-state index contributed by atoms with van der Waals surface area (Å²) in [5, 5.41) is 0.479. The highest BCUT2D eigenvalue weighted by atomic mass is 127. The molecule has 0 radical (unpaired) electrons. The summed E-state index contributed by atoms with van der Waals surface area (Å²) < 4.78 is 7.51. The van der Waals surface area contributed by atoms with Crippen LogP contribution in [0.2, 0.25) is 0 Å². The second kappa shape index (κ2) is 6.27. The third kappa shape index (κ3) is 3.16. The molecule has 0 spiro atoms. The first-order chi connectivity index (χ1) is 10.6. The smallest absolute Gasteiger partial charge is 0.331 e. The van der Waals surface area contributed by atoms with Crippen molar-refractivity contribution in [1.29, 1.82) is 0 Å². The summed E-state index contributed by atoms with van der Waals surface area (Å²) in [6.45, 7) is -0.178. The van der Waals surface area contributed by atoms with Gasteiger partial charge in [-0.3, -0.25) is 9.36 Å². The Kier molecular flexibility index (Phi) is 4.19. The number of hydrogen-bond donors (Lipinski definition) is 0. The van der Waals surface area contributed by atoms with Crippen LogP contribution in [0, 0.1) is 3.57 Å². The molecule has 1 aromatic heterocycles. The quantitative estimate of drug-likeness (QED) is 0.381. The molecule has 2 aromatic carbocycles. The molecule has 0 amide bonds. The van der Waals surface area contributed by atoms with Gasteiger partial charge in [-0.25, -0.2) is 9.78 Å². The number of ether oxygens (including phenoxy) is 1. The van der Waals surface area contributed by atoms with Crippen LogP contribution < -0.4 is 10.3 Å². The van der Waals surface area contributed by atoms with Gasteiger partial charge in [-0.2, -0.15) is 0 Å². The minimum absolute atomic E-state index is 0.178. The Bertz CT molecular complexity index is 888. The number of carbonyl (C=O) groups is 1. The summed E-state index contributed by atoms with van der Waals surface area (Å²) in [6, 6.07) is 14.1. The Hall–Kier alpha value is -2.22. The summed E-state index contributed by atoms with van der Waals surface area (Å²) in [7, 11) is 0. The van der Waals surface area contributed by atoms with Gasteiger partial charge in [0.15, 0.2) is 0 Å². The number of carbonyl (C=O) groups excluding carboxylic acids is 1. The number of fused-ring (bicyclic) bond motifs is 1. The molecule has 0 N–H and O–H groups in total. The first-order valence-electron chi connectivity index (χ1n) is 6.54. The molecule has 0 aliphatic heterocycles. The van der Waals surface area contributed by atoms with Crippen LogP contribution in [0.3, 0.4) is 0 Å². The molecule has 22 heavy (non-hydrogen) atoms. The maximum absolute atomic E-state index is 12.3. The van der Waals surface area contributed by atoms with E-state index >= 15 is 0 Å². The van der Waals surface area contributed by atoms with Gasteiger partial charge in [0.2, 0.25) is 0 Å². The van der Waals surface area contributed by atoms with Crippen LogP contribution in [0.25, 0.3) is 10.9 Å². The van der Waals surface area contributed by atoms with Crippen molar-refractivity contribution in [3.63, 3.8) is 0 Å². The zero-order valence-electron chi connectivity index (χ0n) is 11.4. The molecule has 110 valence electrons. The molecule has 0 atom stereocenters. The monoisotopic (exact) mass is 406 g/mol. The molecule has 1 heterocycles. The third-order valence-electron chi connectivity index (χ3n) is 3.08. The molecular weight excluding hydrogens is 395 g/mol. The minimum atomic E-state index is -0.514. The zero-order valence-corrected chi connectivity index (χ0v) is 13.6. The summed E-state index contributed by atoms with van der Waals surface area (Å²) in [4.78, 5) is 28.4. The van der Waals surface area contributed by atoms with E-state index in [0.717, 1.165) is 3.57 Å². The van der Waals surface area contributed by atoms with Crippen LogP contribution in [-0.2, 0) is 11.3 Å². The number of nitrogens with zero attached hydrogens (tertiary/aromatic N) is 2. The lowest BCUT2D eigenvalue weighted by Gasteiger charge is -2.07. The Morgan fingerprint density at radius 2 is 1.86 bits per heavy atom. The number of aromatic nitrogens is 2. The number of hydrogen-bond acceptors (Lipinski definition) is 4. The predicted octanol–water partition coefficient (Wildman–Crippen LogP) is 2.61. The standard InChI is InChI=1S/C16H11IN2O3/c17-11-5-7-12(8-6-11)22-15(20)9-19-10-18-14-4-2-1-3-13(14)16(19)21/h1-8,10H,9H2. The van der Waals surface area contributed by atoms with Crippen LogP contribution in [0.1, 0.15) is 0 Å². The lowest BCUT2D eigenvalue weighted by Crippen LogP contribution is -2.26. The van der Waals surface area contributed by atoms with Crippen molar-refractivity contribution in [3.05, 3.63) is 68.8 Å². The molecule has 0 saturated carbocycles. The fourth-order valence-corrected chi connectivity index (χ4v) is 2.38. The van der Waals surface area contributed by atoms with E-state index in [1.807, 2.05) is 18.2 Å². The maximum atomic E-state index is 12.3. The lowest BCUT2D eigenvalue weighted by molar-refractivity contribution is -0.135. The molecule has 0 aliphatic carbocycles. The second-order valence-corrected chi connectivity index (χ2v) is 5.87. The average Bonchev–Trinajstić information content (AvgIpc) is 2.53. The largest absolute Gasteiger partial charge is 0.425 e. The molecule has 0 unspecified atom stereocenters. The molecule has 5 nitrogen and oxygen atoms in total. The van der Waals surface area contributed by atoms with Gasteiger partial charge in [-0.15, -0.1) is 0 Å². The van der Waals surface area contributed by atoms with E-state index in [1.54, 1.807) is 30.3 Å². The van der Waals surface area contributed by atoms with Gasteiger partial charge < -0.3 is 4.74 Å². The van der Waals surface area contributed by atoms with Crippen LogP contribution >= 0.6 is 22.6 Å². The molecule has 0 bridgehead atoms. The van der Waals surface area contributed by atoms with Gasteiger partial charge in [0.1, 0.15) is 12.3 Å². The molecule has 0 fully saturated rings. The fraction of sp³-hybridized carbons (Fsp3) is 0.0625. The van der Waals surface area contributed by atoms with E-state index in [2.05, 4.69) is 27.6 Å². The van der Waals surface area contributed by atoms with Crippen molar-refractivity contribution in [1.82, 2.24) is 9.55 Å². The van der Waals surface area contributed by atoms with Gasteiger partial charge in [-0.1, -0.05) is 12.1 Å². The minimum Gasteiger partial charge on any atom is -0.425 e. The summed E-state index contributed by atoms with van der Waals surface area (Å²) in [5.41, 5.74) is 0.347. The van der Waals surface area contributed by atoms with Crippen LogP contribution in [-0.4, -0.2) is 15.5 Å². The van der Waals surface area contributed by atoms with E-state index in [0.29, 0.717) is 16.7 Å². The van der Waals surface area contributed by atoms with E-state index in [4.69, 9.17) is 4.74 Å².